The van der Waals surface area contributed by atoms with E-state index in [0.717, 1.165) is 25.7 Å². The average Bonchev–Trinajstić information content (AvgIpc) is 2.36. The van der Waals surface area contributed by atoms with E-state index in [1.165, 1.54) is 12.1 Å². The van der Waals surface area contributed by atoms with Crippen molar-refractivity contribution in [1.82, 2.24) is 0 Å². The minimum absolute atomic E-state index is 0.0478. The molecule has 3 nitrogen and oxygen atoms in total. The fourth-order valence-electron chi connectivity index (χ4n) is 2.25. The summed E-state index contributed by atoms with van der Waals surface area (Å²) < 4.78 is 24.9. The zero-order valence-electron chi connectivity index (χ0n) is 10.3. The Hall–Kier alpha value is -0.810. The highest BCUT2D eigenvalue weighted by atomic mass is 79.9. The van der Waals surface area contributed by atoms with Crippen molar-refractivity contribution >= 4 is 21.6 Å². The summed E-state index contributed by atoms with van der Waals surface area (Å²) in [6.45, 7) is 0. The van der Waals surface area contributed by atoms with Gasteiger partial charge in [0.25, 0.3) is 0 Å². The van der Waals surface area contributed by atoms with Gasteiger partial charge in [0.15, 0.2) is 0 Å². The molecule has 0 saturated heterocycles. The number of ether oxygens (including phenoxy) is 2. The number of hydrogen-bond donors (Lipinski definition) is 1. The van der Waals surface area contributed by atoms with E-state index in [0.29, 0.717) is 15.9 Å². The lowest BCUT2D eigenvalue weighted by Crippen LogP contribution is -2.29. The van der Waals surface area contributed by atoms with Crippen molar-refractivity contribution in [2.45, 2.75) is 37.9 Å². The minimum Gasteiger partial charge on any atom is -0.488 e. The van der Waals surface area contributed by atoms with Crippen LogP contribution in [0.3, 0.4) is 0 Å². The van der Waals surface area contributed by atoms with Crippen LogP contribution in [0, 0.1) is 5.82 Å². The van der Waals surface area contributed by atoms with Crippen LogP contribution in [0.4, 0.5) is 10.1 Å². The first-order chi connectivity index (χ1) is 8.60. The molecule has 0 radical (unpaired) electrons. The van der Waals surface area contributed by atoms with Crippen molar-refractivity contribution in [3.8, 4) is 5.75 Å². The summed E-state index contributed by atoms with van der Waals surface area (Å²) >= 11 is 3.10. The number of methoxy groups -OCH3 is 1. The molecular formula is C13H17BrFNO2. The molecule has 2 N–H and O–H groups in total. The number of nitrogen functional groups attached to an aromatic ring is 1. The minimum atomic E-state index is -0.363. The molecule has 0 aromatic heterocycles. The Morgan fingerprint density at radius 1 is 1.33 bits per heavy atom. The maximum Gasteiger partial charge on any atom is 0.145 e. The highest BCUT2D eigenvalue weighted by Crippen LogP contribution is 2.32. The second kappa shape index (κ2) is 5.89. The zero-order chi connectivity index (χ0) is 13.1. The van der Waals surface area contributed by atoms with Crippen LogP contribution in [-0.4, -0.2) is 19.3 Å². The summed E-state index contributed by atoms with van der Waals surface area (Å²) in [6, 6.07) is 2.86. The van der Waals surface area contributed by atoms with Crippen LogP contribution in [0.25, 0.3) is 0 Å². The van der Waals surface area contributed by atoms with Crippen LogP contribution in [-0.2, 0) is 4.74 Å². The molecular weight excluding hydrogens is 301 g/mol. The standard InChI is InChI=1S/C13H17BrFNO2/c1-17-8-3-2-4-9(5-8)18-13-7-11(15)10(14)6-12(13)16/h6-9H,2-5,16H2,1H3. The molecule has 0 amide bonds. The van der Waals surface area contributed by atoms with Gasteiger partial charge in [-0.25, -0.2) is 4.39 Å². The van der Waals surface area contributed by atoms with Gasteiger partial charge in [-0.2, -0.15) is 0 Å². The van der Waals surface area contributed by atoms with Gasteiger partial charge in [0, 0.05) is 19.6 Å². The van der Waals surface area contributed by atoms with Crippen molar-refractivity contribution < 1.29 is 13.9 Å². The van der Waals surface area contributed by atoms with Gasteiger partial charge in [-0.3, -0.25) is 0 Å². The van der Waals surface area contributed by atoms with E-state index in [4.69, 9.17) is 15.2 Å². The predicted octanol–water partition coefficient (Wildman–Crippen LogP) is 3.51. The Morgan fingerprint density at radius 2 is 2.06 bits per heavy atom. The highest BCUT2D eigenvalue weighted by Gasteiger charge is 2.23. The van der Waals surface area contributed by atoms with Crippen molar-refractivity contribution in [2.24, 2.45) is 0 Å². The van der Waals surface area contributed by atoms with Crippen molar-refractivity contribution in [3.05, 3.63) is 22.4 Å². The average molecular weight is 318 g/mol. The van der Waals surface area contributed by atoms with Crippen molar-refractivity contribution in [1.29, 1.82) is 0 Å². The van der Waals surface area contributed by atoms with Gasteiger partial charge in [-0.1, -0.05) is 0 Å². The number of hydrogen-bond acceptors (Lipinski definition) is 3. The Morgan fingerprint density at radius 3 is 2.78 bits per heavy atom. The normalized spacial score (nSPS) is 23.9. The molecule has 2 rings (SSSR count). The molecule has 0 aliphatic heterocycles. The highest BCUT2D eigenvalue weighted by molar-refractivity contribution is 9.10. The van der Waals surface area contributed by atoms with Gasteiger partial charge >= 0.3 is 0 Å². The number of anilines is 1. The first kappa shape index (κ1) is 13.6. The van der Waals surface area contributed by atoms with Crippen molar-refractivity contribution in [2.75, 3.05) is 12.8 Å². The molecule has 1 saturated carbocycles. The quantitative estimate of drug-likeness (QED) is 0.868. The smallest absolute Gasteiger partial charge is 0.145 e. The number of nitrogens with two attached hydrogens (primary N) is 1. The summed E-state index contributed by atoms with van der Waals surface area (Å²) in [4.78, 5) is 0. The number of rotatable bonds is 3. The largest absolute Gasteiger partial charge is 0.488 e. The SMILES string of the molecule is COC1CCCC(Oc2cc(F)c(Br)cc2N)C1. The molecule has 2 unspecified atom stereocenters. The Kier molecular flexibility index (Phi) is 4.45. The summed E-state index contributed by atoms with van der Waals surface area (Å²) in [5.41, 5.74) is 6.27. The predicted molar refractivity (Wildman–Crippen MR) is 72.2 cm³/mol. The zero-order valence-corrected chi connectivity index (χ0v) is 11.9. The molecule has 0 spiro atoms. The molecule has 2 atom stereocenters. The van der Waals surface area contributed by atoms with E-state index in [-0.39, 0.29) is 18.0 Å². The van der Waals surface area contributed by atoms with E-state index in [1.54, 1.807) is 7.11 Å². The lowest BCUT2D eigenvalue weighted by molar-refractivity contribution is 0.0211. The van der Waals surface area contributed by atoms with Crippen LogP contribution in [0.5, 0.6) is 5.75 Å². The van der Waals surface area contributed by atoms with E-state index in [2.05, 4.69) is 15.9 Å². The molecule has 0 heterocycles. The molecule has 1 aliphatic rings. The van der Waals surface area contributed by atoms with Crippen LogP contribution < -0.4 is 10.5 Å². The number of halogens is 2. The molecule has 1 fully saturated rings. The van der Waals surface area contributed by atoms with Crippen LogP contribution in [0.2, 0.25) is 0 Å². The summed E-state index contributed by atoms with van der Waals surface area (Å²) in [5, 5.41) is 0. The van der Waals surface area contributed by atoms with E-state index >= 15 is 0 Å². The first-order valence-corrected chi connectivity index (χ1v) is 6.83. The fraction of sp³-hybridized carbons (Fsp3) is 0.538. The van der Waals surface area contributed by atoms with Gasteiger partial charge in [0.2, 0.25) is 0 Å². The third-order valence-corrected chi connectivity index (χ3v) is 3.87. The van der Waals surface area contributed by atoms with Gasteiger partial charge in [0.05, 0.1) is 16.3 Å². The molecule has 100 valence electrons. The van der Waals surface area contributed by atoms with Crippen LogP contribution >= 0.6 is 15.9 Å². The van der Waals surface area contributed by atoms with E-state index in [9.17, 15) is 4.39 Å². The van der Waals surface area contributed by atoms with E-state index < -0.39 is 0 Å². The Labute approximate surface area is 115 Å². The third kappa shape index (κ3) is 3.14. The molecule has 1 aliphatic carbocycles. The molecule has 18 heavy (non-hydrogen) atoms. The summed E-state index contributed by atoms with van der Waals surface area (Å²) in [7, 11) is 1.71. The van der Waals surface area contributed by atoms with Gasteiger partial charge in [0.1, 0.15) is 17.7 Å². The Balaban J connectivity index is 2.07. The maximum atomic E-state index is 13.4. The second-order valence-corrected chi connectivity index (χ2v) is 5.42. The first-order valence-electron chi connectivity index (χ1n) is 6.04. The molecule has 5 heteroatoms. The molecule has 0 bridgehead atoms. The maximum absolute atomic E-state index is 13.4. The van der Waals surface area contributed by atoms with Gasteiger partial charge in [-0.15, -0.1) is 0 Å². The van der Waals surface area contributed by atoms with Gasteiger partial charge < -0.3 is 15.2 Å². The van der Waals surface area contributed by atoms with Gasteiger partial charge in [-0.05, 0) is 41.3 Å². The van der Waals surface area contributed by atoms with Crippen LogP contribution in [0.1, 0.15) is 25.7 Å². The summed E-state index contributed by atoms with van der Waals surface area (Å²) in [5.74, 6) is 0.0516. The number of benzene rings is 1. The summed E-state index contributed by atoms with van der Waals surface area (Å²) in [6.07, 6.45) is 4.17. The van der Waals surface area contributed by atoms with Crippen LogP contribution in [0.15, 0.2) is 16.6 Å². The molecule has 1 aromatic rings. The second-order valence-electron chi connectivity index (χ2n) is 4.57. The molecule has 1 aromatic carbocycles. The third-order valence-electron chi connectivity index (χ3n) is 3.26. The lowest BCUT2D eigenvalue weighted by Gasteiger charge is -2.29. The van der Waals surface area contributed by atoms with Crippen molar-refractivity contribution in [3.63, 3.8) is 0 Å². The monoisotopic (exact) mass is 317 g/mol. The topological polar surface area (TPSA) is 44.5 Å². The fourth-order valence-corrected chi connectivity index (χ4v) is 2.61. The Bertz CT molecular complexity index is 428. The lowest BCUT2D eigenvalue weighted by atomic mass is 9.95. The van der Waals surface area contributed by atoms with E-state index in [1.807, 2.05) is 0 Å².